The van der Waals surface area contributed by atoms with Crippen molar-refractivity contribution in [1.29, 1.82) is 0 Å². The molecule has 0 radical (unpaired) electrons. The van der Waals surface area contributed by atoms with E-state index in [1.165, 1.54) is 6.07 Å². The summed E-state index contributed by atoms with van der Waals surface area (Å²) in [4.78, 5) is 27.3. The molecular formula is C22H27F3N6O. The molecule has 0 aliphatic carbocycles. The second kappa shape index (κ2) is 9.32. The third-order valence-electron chi connectivity index (χ3n) is 6.06. The van der Waals surface area contributed by atoms with Crippen LogP contribution in [0.15, 0.2) is 36.7 Å². The number of hydrogen-bond acceptors (Lipinski definition) is 6. The monoisotopic (exact) mass is 448 g/mol. The molecule has 2 aromatic rings. The molecule has 1 aromatic heterocycles. The van der Waals surface area contributed by atoms with Crippen LogP contribution in [0.5, 0.6) is 0 Å². The molecule has 4 rings (SSSR count). The van der Waals surface area contributed by atoms with E-state index in [4.69, 9.17) is 0 Å². The molecule has 1 atom stereocenters. The second-order valence-electron chi connectivity index (χ2n) is 8.34. The highest BCUT2D eigenvalue weighted by Gasteiger charge is 2.36. The lowest BCUT2D eigenvalue weighted by molar-refractivity contribution is -0.137. The van der Waals surface area contributed by atoms with Gasteiger partial charge in [-0.05, 0) is 44.2 Å². The molecule has 7 nitrogen and oxygen atoms in total. The Morgan fingerprint density at radius 3 is 2.47 bits per heavy atom. The van der Waals surface area contributed by atoms with Gasteiger partial charge in [-0.15, -0.1) is 0 Å². The lowest BCUT2D eigenvalue weighted by Gasteiger charge is -2.34. The maximum Gasteiger partial charge on any atom is 0.418 e. The normalized spacial score (nSPS) is 20.3. The summed E-state index contributed by atoms with van der Waals surface area (Å²) in [7, 11) is 1.99. The molecule has 2 aliphatic rings. The maximum atomic E-state index is 13.8. The van der Waals surface area contributed by atoms with Crippen molar-refractivity contribution in [2.45, 2.75) is 19.0 Å². The minimum absolute atomic E-state index is 0.200. The zero-order chi connectivity index (χ0) is 22.7. The Bertz CT molecular complexity index is 931. The summed E-state index contributed by atoms with van der Waals surface area (Å²) in [5.74, 6) is -0.327. The van der Waals surface area contributed by atoms with Gasteiger partial charge < -0.3 is 20.0 Å². The summed E-state index contributed by atoms with van der Waals surface area (Å²) in [5, 5.41) is 2.54. The zero-order valence-corrected chi connectivity index (χ0v) is 18.0. The number of carbonyl (C=O) groups excluding carboxylic acids is 1. The van der Waals surface area contributed by atoms with Gasteiger partial charge in [-0.2, -0.15) is 13.2 Å². The van der Waals surface area contributed by atoms with Crippen molar-refractivity contribution in [3.8, 4) is 0 Å². The topological polar surface area (TPSA) is 64.6 Å². The zero-order valence-electron chi connectivity index (χ0n) is 18.0. The molecule has 1 N–H and O–H groups in total. The van der Waals surface area contributed by atoms with Crippen molar-refractivity contribution < 1.29 is 18.0 Å². The van der Waals surface area contributed by atoms with Gasteiger partial charge in [0.2, 0.25) is 11.9 Å². The van der Waals surface area contributed by atoms with E-state index < -0.39 is 23.6 Å². The summed E-state index contributed by atoms with van der Waals surface area (Å²) in [5.41, 5.74) is -0.497. The third-order valence-corrected chi connectivity index (χ3v) is 6.06. The summed E-state index contributed by atoms with van der Waals surface area (Å²) in [6.07, 6.45) is 0.0372. The average molecular weight is 448 g/mol. The number of benzene rings is 1. The predicted molar refractivity (Wildman–Crippen MR) is 117 cm³/mol. The highest BCUT2D eigenvalue weighted by atomic mass is 19.4. The first-order valence-corrected chi connectivity index (χ1v) is 10.8. The van der Waals surface area contributed by atoms with Gasteiger partial charge in [-0.1, -0.05) is 0 Å². The van der Waals surface area contributed by atoms with Crippen molar-refractivity contribution in [2.24, 2.45) is 5.92 Å². The van der Waals surface area contributed by atoms with Crippen LogP contribution in [0.1, 0.15) is 18.4 Å². The number of likely N-dealkylation sites (N-methyl/N-ethyl adjacent to an activating group) is 1. The van der Waals surface area contributed by atoms with E-state index >= 15 is 0 Å². The van der Waals surface area contributed by atoms with Crippen LogP contribution in [0.4, 0.5) is 30.5 Å². The summed E-state index contributed by atoms with van der Waals surface area (Å²) < 4.78 is 41.5. The Hall–Kier alpha value is -2.88. The quantitative estimate of drug-likeness (QED) is 0.776. The molecule has 0 saturated carbocycles. The molecule has 1 amide bonds. The number of halogens is 3. The van der Waals surface area contributed by atoms with Crippen molar-refractivity contribution in [3.63, 3.8) is 0 Å². The van der Waals surface area contributed by atoms with Crippen LogP contribution >= 0.6 is 0 Å². The smallest absolute Gasteiger partial charge is 0.369 e. The highest BCUT2D eigenvalue weighted by molar-refractivity contribution is 5.94. The Morgan fingerprint density at radius 2 is 1.78 bits per heavy atom. The number of alkyl halides is 3. The number of nitrogens with zero attached hydrogens (tertiary/aromatic N) is 5. The van der Waals surface area contributed by atoms with Gasteiger partial charge in [0.1, 0.15) is 0 Å². The van der Waals surface area contributed by atoms with Crippen LogP contribution in [0, 0.1) is 5.92 Å². The number of anilines is 3. The van der Waals surface area contributed by atoms with E-state index in [9.17, 15) is 18.0 Å². The standard InChI is InChI=1S/C22H27F3N6O/c1-29-10-12-30(13-11-29)17-5-6-19(18(14-17)22(23,24)25)28-20(32)16-4-2-9-31(15-16)21-26-7-3-8-27-21/h3,5-8,14,16H,2,4,9-13,15H2,1H3,(H,28,32). The highest BCUT2D eigenvalue weighted by Crippen LogP contribution is 2.38. The Labute approximate surface area is 185 Å². The van der Waals surface area contributed by atoms with E-state index in [1.54, 1.807) is 24.5 Å². The van der Waals surface area contributed by atoms with Gasteiger partial charge in [0.05, 0.1) is 17.2 Å². The van der Waals surface area contributed by atoms with Gasteiger partial charge in [0, 0.05) is 57.3 Å². The molecule has 2 aliphatic heterocycles. The fourth-order valence-corrected chi connectivity index (χ4v) is 4.20. The van der Waals surface area contributed by atoms with E-state index in [-0.39, 0.29) is 5.69 Å². The van der Waals surface area contributed by atoms with Crippen molar-refractivity contribution in [2.75, 3.05) is 61.4 Å². The lowest BCUT2D eigenvalue weighted by atomic mass is 9.97. The molecule has 32 heavy (non-hydrogen) atoms. The summed E-state index contributed by atoms with van der Waals surface area (Å²) in [6.45, 7) is 4.00. The van der Waals surface area contributed by atoms with Crippen molar-refractivity contribution in [1.82, 2.24) is 14.9 Å². The molecule has 2 fully saturated rings. The van der Waals surface area contributed by atoms with E-state index in [0.29, 0.717) is 44.2 Å². The van der Waals surface area contributed by atoms with Crippen LogP contribution in [0.2, 0.25) is 0 Å². The van der Waals surface area contributed by atoms with Gasteiger partial charge in [0.25, 0.3) is 0 Å². The van der Waals surface area contributed by atoms with Crippen LogP contribution in [-0.4, -0.2) is 67.1 Å². The van der Waals surface area contributed by atoms with Crippen LogP contribution < -0.4 is 15.1 Å². The van der Waals surface area contributed by atoms with Gasteiger partial charge in [-0.3, -0.25) is 4.79 Å². The lowest BCUT2D eigenvalue weighted by Crippen LogP contribution is -2.44. The van der Waals surface area contributed by atoms with Gasteiger partial charge in [0.15, 0.2) is 0 Å². The van der Waals surface area contributed by atoms with Crippen LogP contribution in [0.3, 0.4) is 0 Å². The fraction of sp³-hybridized carbons (Fsp3) is 0.500. The molecule has 10 heteroatoms. The maximum absolute atomic E-state index is 13.8. The van der Waals surface area contributed by atoms with E-state index in [1.807, 2.05) is 16.8 Å². The molecule has 0 spiro atoms. The Morgan fingerprint density at radius 1 is 1.06 bits per heavy atom. The van der Waals surface area contributed by atoms with Crippen LogP contribution in [0.25, 0.3) is 0 Å². The molecule has 172 valence electrons. The van der Waals surface area contributed by atoms with Crippen molar-refractivity contribution >= 4 is 23.2 Å². The minimum atomic E-state index is -4.57. The number of piperidine rings is 1. The van der Waals surface area contributed by atoms with Gasteiger partial charge >= 0.3 is 6.18 Å². The average Bonchev–Trinajstić information content (AvgIpc) is 2.80. The van der Waals surface area contributed by atoms with E-state index in [0.717, 1.165) is 25.6 Å². The number of amides is 1. The second-order valence-corrected chi connectivity index (χ2v) is 8.34. The third kappa shape index (κ3) is 5.12. The number of piperazine rings is 1. The summed E-state index contributed by atoms with van der Waals surface area (Å²) >= 11 is 0. The SMILES string of the molecule is CN1CCN(c2ccc(NC(=O)C3CCCN(c4ncccn4)C3)c(C(F)(F)F)c2)CC1. The Kier molecular flexibility index (Phi) is 6.50. The van der Waals surface area contributed by atoms with Crippen LogP contribution in [-0.2, 0) is 11.0 Å². The molecule has 3 heterocycles. The molecule has 2 saturated heterocycles. The van der Waals surface area contributed by atoms with E-state index in [2.05, 4.69) is 20.2 Å². The number of aromatic nitrogens is 2. The predicted octanol–water partition coefficient (Wildman–Crippen LogP) is 3.10. The molecule has 1 unspecified atom stereocenters. The molecule has 0 bridgehead atoms. The number of carbonyl (C=O) groups is 1. The number of rotatable bonds is 4. The molecular weight excluding hydrogens is 421 g/mol. The summed E-state index contributed by atoms with van der Waals surface area (Å²) in [6, 6.07) is 5.88. The fourth-order valence-electron chi connectivity index (χ4n) is 4.20. The van der Waals surface area contributed by atoms with Crippen molar-refractivity contribution in [3.05, 3.63) is 42.2 Å². The first-order valence-electron chi connectivity index (χ1n) is 10.8. The number of hydrogen-bond donors (Lipinski definition) is 1. The first-order chi connectivity index (χ1) is 15.3. The largest absolute Gasteiger partial charge is 0.418 e. The van der Waals surface area contributed by atoms with Gasteiger partial charge in [-0.25, -0.2) is 9.97 Å². The molecule has 1 aromatic carbocycles. The number of nitrogens with one attached hydrogen (secondary N) is 1. The minimum Gasteiger partial charge on any atom is -0.369 e. The Balaban J connectivity index is 1.49. The first kappa shape index (κ1) is 22.3.